The molecule has 0 N–H and O–H groups in total. The second kappa shape index (κ2) is 4.28. The van der Waals surface area contributed by atoms with E-state index in [1.165, 1.54) is 7.11 Å². The zero-order valence-electron chi connectivity index (χ0n) is 10.6. The van der Waals surface area contributed by atoms with Crippen molar-refractivity contribution in [2.45, 2.75) is 31.1 Å². The number of rotatable bonds is 5. The molecule has 6 heteroatoms. The van der Waals surface area contributed by atoms with Crippen LogP contribution < -0.4 is 0 Å². The lowest BCUT2D eigenvalue weighted by molar-refractivity contribution is 0.0596. The maximum atomic E-state index is 12.9. The van der Waals surface area contributed by atoms with Crippen LogP contribution in [0.5, 0.6) is 0 Å². The molecule has 0 bridgehead atoms. The molecule has 19 heavy (non-hydrogen) atoms. The molecule has 0 saturated heterocycles. The normalized spacial score (nSPS) is 24.3. The van der Waals surface area contributed by atoms with Crippen LogP contribution in [0.3, 0.4) is 0 Å². The van der Waals surface area contributed by atoms with Crippen molar-refractivity contribution in [2.24, 2.45) is 5.41 Å². The van der Waals surface area contributed by atoms with E-state index in [9.17, 15) is 13.6 Å². The van der Waals surface area contributed by atoms with Gasteiger partial charge in [0.25, 0.3) is 0 Å². The highest BCUT2D eigenvalue weighted by atomic mass is 19.1. The van der Waals surface area contributed by atoms with Crippen molar-refractivity contribution in [3.63, 3.8) is 0 Å². The lowest BCUT2D eigenvalue weighted by Gasteiger charge is -2.06. The van der Waals surface area contributed by atoms with Gasteiger partial charge in [0.05, 0.1) is 20.5 Å². The van der Waals surface area contributed by atoms with Gasteiger partial charge < -0.3 is 9.26 Å². The van der Waals surface area contributed by atoms with Crippen LogP contribution >= 0.6 is 0 Å². The summed E-state index contributed by atoms with van der Waals surface area (Å²) in [5.41, 5.74) is -0.358. The smallest absolute Gasteiger partial charge is 0.343 e. The second-order valence-corrected chi connectivity index (χ2v) is 5.46. The first-order valence-electron chi connectivity index (χ1n) is 6.36. The Kier molecular flexibility index (Phi) is 2.83. The highest BCUT2D eigenvalue weighted by Gasteiger charge is 2.58. The molecule has 4 nitrogen and oxygen atoms in total. The molecule has 3 rings (SSSR count). The number of methoxy groups -OCH3 is 1. The number of hydrogen-bond acceptors (Lipinski definition) is 4. The predicted octanol–water partition coefficient (Wildman–Crippen LogP) is 2.75. The number of carbonyl (C=O) groups is 1. The van der Waals surface area contributed by atoms with Crippen LogP contribution in [0.1, 0.15) is 52.9 Å². The Hall–Kier alpha value is -1.46. The minimum absolute atomic E-state index is 0.194. The average Bonchev–Trinajstić information content (AvgIpc) is 3.36. The number of esters is 1. The highest BCUT2D eigenvalue weighted by Crippen LogP contribution is 2.61. The molecule has 0 radical (unpaired) electrons. The maximum Gasteiger partial charge on any atom is 0.343 e. The molecule has 2 saturated carbocycles. The molecule has 0 aliphatic heterocycles. The van der Waals surface area contributed by atoms with Crippen molar-refractivity contribution in [2.75, 3.05) is 20.5 Å². The molecule has 1 unspecified atom stereocenters. The minimum atomic E-state index is -1.01. The summed E-state index contributed by atoms with van der Waals surface area (Å²) >= 11 is 0. The topological polar surface area (TPSA) is 52.3 Å². The number of halogens is 2. The Morgan fingerprint density at radius 1 is 1.47 bits per heavy atom. The van der Waals surface area contributed by atoms with E-state index in [4.69, 9.17) is 9.26 Å². The summed E-state index contributed by atoms with van der Waals surface area (Å²) in [6.45, 7) is -1.50. The van der Waals surface area contributed by atoms with Crippen LogP contribution in [0, 0.1) is 5.41 Å². The molecule has 2 fully saturated rings. The Balaban J connectivity index is 1.96. The largest absolute Gasteiger partial charge is 0.465 e. The van der Waals surface area contributed by atoms with Gasteiger partial charge in [0.15, 0.2) is 5.76 Å². The molecule has 1 aromatic rings. The fourth-order valence-electron chi connectivity index (χ4n) is 2.55. The van der Waals surface area contributed by atoms with Gasteiger partial charge in [-0.15, -0.1) is 0 Å². The molecular formula is C13H15F2NO3. The monoisotopic (exact) mass is 271 g/mol. The van der Waals surface area contributed by atoms with Gasteiger partial charge in [0.2, 0.25) is 0 Å². The number of aromatic nitrogens is 1. The third kappa shape index (κ3) is 1.84. The van der Waals surface area contributed by atoms with E-state index >= 15 is 0 Å². The van der Waals surface area contributed by atoms with Gasteiger partial charge in [-0.25, -0.2) is 4.79 Å². The van der Waals surface area contributed by atoms with E-state index in [1.54, 1.807) is 0 Å². The van der Waals surface area contributed by atoms with Crippen molar-refractivity contribution in [3.05, 3.63) is 17.0 Å². The van der Waals surface area contributed by atoms with Crippen LogP contribution in [-0.2, 0) is 4.74 Å². The number of hydrogen-bond donors (Lipinski definition) is 0. The van der Waals surface area contributed by atoms with Crippen LogP contribution in [-0.4, -0.2) is 31.6 Å². The minimum Gasteiger partial charge on any atom is -0.465 e. The lowest BCUT2D eigenvalue weighted by Crippen LogP contribution is -2.12. The third-order valence-electron chi connectivity index (χ3n) is 4.13. The molecule has 2 aliphatic rings. The van der Waals surface area contributed by atoms with Gasteiger partial charge in [0.1, 0.15) is 11.3 Å². The summed E-state index contributed by atoms with van der Waals surface area (Å²) in [7, 11) is 1.28. The van der Waals surface area contributed by atoms with E-state index in [2.05, 4.69) is 5.16 Å². The first-order valence-corrected chi connectivity index (χ1v) is 6.36. The average molecular weight is 271 g/mol. The maximum absolute atomic E-state index is 12.9. The van der Waals surface area contributed by atoms with Gasteiger partial charge in [-0.1, -0.05) is 5.16 Å². The van der Waals surface area contributed by atoms with Gasteiger partial charge in [-0.3, -0.25) is 8.78 Å². The van der Waals surface area contributed by atoms with Crippen molar-refractivity contribution >= 4 is 5.97 Å². The van der Waals surface area contributed by atoms with Crippen molar-refractivity contribution in [1.82, 2.24) is 5.16 Å². The summed E-state index contributed by atoms with van der Waals surface area (Å²) in [5, 5.41) is 3.89. The van der Waals surface area contributed by atoms with E-state index < -0.39 is 24.7 Å². The molecule has 104 valence electrons. The van der Waals surface area contributed by atoms with Crippen LogP contribution in [0.4, 0.5) is 8.78 Å². The quantitative estimate of drug-likeness (QED) is 0.773. The standard InChI is InChI=1S/C13H15F2NO3/c1-18-12(17)9-10(8-4-13(8,5-14)6-15)16-19-11(9)7-2-3-7/h7-8H,2-6H2,1H3. The Morgan fingerprint density at radius 2 is 2.16 bits per heavy atom. The molecule has 0 spiro atoms. The molecule has 1 atom stereocenters. The zero-order valence-corrected chi connectivity index (χ0v) is 10.6. The van der Waals surface area contributed by atoms with E-state index in [1.807, 2.05) is 0 Å². The van der Waals surface area contributed by atoms with Gasteiger partial charge in [0, 0.05) is 17.3 Å². The van der Waals surface area contributed by atoms with E-state index in [-0.39, 0.29) is 11.8 Å². The third-order valence-corrected chi connectivity index (χ3v) is 4.13. The van der Waals surface area contributed by atoms with Gasteiger partial charge >= 0.3 is 5.97 Å². The number of ether oxygens (including phenoxy) is 1. The van der Waals surface area contributed by atoms with Crippen LogP contribution in [0.2, 0.25) is 0 Å². The summed E-state index contributed by atoms with van der Waals surface area (Å²) in [6, 6.07) is 0. The molecule has 1 heterocycles. The second-order valence-electron chi connectivity index (χ2n) is 5.46. The predicted molar refractivity (Wildman–Crippen MR) is 61.6 cm³/mol. The first kappa shape index (κ1) is 12.6. The Labute approximate surface area is 109 Å². The van der Waals surface area contributed by atoms with Gasteiger partial charge in [-0.2, -0.15) is 0 Å². The number of carbonyl (C=O) groups excluding carboxylic acids is 1. The van der Waals surface area contributed by atoms with Crippen molar-refractivity contribution < 1.29 is 22.8 Å². The summed E-state index contributed by atoms with van der Waals surface area (Å²) in [4.78, 5) is 11.9. The fourth-order valence-corrected chi connectivity index (χ4v) is 2.55. The molecule has 0 amide bonds. The van der Waals surface area contributed by atoms with Crippen molar-refractivity contribution in [3.8, 4) is 0 Å². The summed E-state index contributed by atoms with van der Waals surface area (Å²) in [6.07, 6.45) is 2.25. The Morgan fingerprint density at radius 3 is 2.63 bits per heavy atom. The highest BCUT2D eigenvalue weighted by molar-refractivity contribution is 5.92. The number of nitrogens with zero attached hydrogens (tertiary/aromatic N) is 1. The van der Waals surface area contributed by atoms with Crippen LogP contribution in [0.15, 0.2) is 4.52 Å². The lowest BCUT2D eigenvalue weighted by atomic mass is 10.0. The first-order chi connectivity index (χ1) is 9.16. The van der Waals surface area contributed by atoms with E-state index in [0.29, 0.717) is 23.4 Å². The van der Waals surface area contributed by atoms with Gasteiger partial charge in [-0.05, 0) is 19.3 Å². The SMILES string of the molecule is COC(=O)c1c(C2CC2(CF)CF)noc1C1CC1. The fraction of sp³-hybridized carbons (Fsp3) is 0.692. The van der Waals surface area contributed by atoms with E-state index in [0.717, 1.165) is 12.8 Å². The molecule has 0 aromatic carbocycles. The molecular weight excluding hydrogens is 256 g/mol. The van der Waals surface area contributed by atoms with Crippen molar-refractivity contribution in [1.29, 1.82) is 0 Å². The Bertz CT molecular complexity index is 506. The van der Waals surface area contributed by atoms with Crippen LogP contribution in [0.25, 0.3) is 0 Å². The molecule has 1 aromatic heterocycles. The number of alkyl halides is 2. The molecule has 2 aliphatic carbocycles. The summed E-state index contributed by atoms with van der Waals surface area (Å²) < 4.78 is 35.9. The zero-order chi connectivity index (χ0) is 13.6. The summed E-state index contributed by atoms with van der Waals surface area (Å²) in [5.74, 6) is -0.205.